The summed E-state index contributed by atoms with van der Waals surface area (Å²) in [6, 6.07) is 0. The molecule has 0 aliphatic rings. The SMILES string of the molecule is CC/C=C\C/C=C\C/C=C\C/C=C\C/C=C\C/C=C\CCCCCCCCCCCCCCCCCCCCC(=O)OC(COC(=O)CCCCCCC/C=C\CCCCC)COP(=O)(O)OCC[N+](C)(C)C. The number of carbonyl (C=O) groups is 2. The Morgan fingerprint density at radius 3 is 1.18 bits per heavy atom. The lowest BCUT2D eigenvalue weighted by atomic mass is 10.0. The first-order valence-corrected chi connectivity index (χ1v) is 31.3. The van der Waals surface area contributed by atoms with Gasteiger partial charge in [0.1, 0.15) is 19.8 Å². The molecule has 0 aromatic rings. The van der Waals surface area contributed by atoms with Gasteiger partial charge in [-0.05, 0) is 89.9 Å². The van der Waals surface area contributed by atoms with Gasteiger partial charge in [0.25, 0.3) is 0 Å². The molecule has 0 fully saturated rings. The van der Waals surface area contributed by atoms with E-state index in [0.29, 0.717) is 17.4 Å². The van der Waals surface area contributed by atoms with E-state index < -0.39 is 26.5 Å². The van der Waals surface area contributed by atoms with Crippen LogP contribution in [0.4, 0.5) is 0 Å². The lowest BCUT2D eigenvalue weighted by Crippen LogP contribution is -2.37. The first kappa shape index (κ1) is 70.2. The van der Waals surface area contributed by atoms with Crippen molar-refractivity contribution in [2.45, 2.75) is 258 Å². The van der Waals surface area contributed by atoms with Gasteiger partial charge in [-0.25, -0.2) is 4.57 Å². The molecule has 0 heterocycles. The molecule has 0 radical (unpaired) electrons. The first-order valence-electron chi connectivity index (χ1n) is 29.8. The summed E-state index contributed by atoms with van der Waals surface area (Å²) in [5.74, 6) is -0.804. The molecule has 0 aromatic carbocycles. The molecule has 0 aromatic heterocycles. The van der Waals surface area contributed by atoms with Crippen molar-refractivity contribution in [3.8, 4) is 0 Å². The van der Waals surface area contributed by atoms with Crippen molar-refractivity contribution in [2.75, 3.05) is 47.5 Å². The van der Waals surface area contributed by atoms with E-state index in [-0.39, 0.29) is 32.0 Å². The molecule has 1 N–H and O–H groups in total. The van der Waals surface area contributed by atoms with Crippen molar-refractivity contribution >= 4 is 19.8 Å². The highest BCUT2D eigenvalue weighted by Gasteiger charge is 2.27. The first-order chi connectivity index (χ1) is 35.5. The van der Waals surface area contributed by atoms with Gasteiger partial charge in [-0.2, -0.15) is 0 Å². The zero-order valence-electron chi connectivity index (χ0n) is 47.9. The molecule has 9 nitrogen and oxygen atoms in total. The summed E-state index contributed by atoms with van der Waals surface area (Å²) in [6.07, 6.45) is 72.5. The van der Waals surface area contributed by atoms with Gasteiger partial charge in [0, 0.05) is 12.8 Å². The summed E-state index contributed by atoms with van der Waals surface area (Å²) in [5, 5.41) is 0. The zero-order chi connectivity index (χ0) is 53.5. The number of carbonyl (C=O) groups excluding carboxylic acids is 2. The average Bonchev–Trinajstić information content (AvgIpc) is 3.35. The van der Waals surface area contributed by atoms with E-state index in [9.17, 15) is 19.0 Å². The Hall–Kier alpha value is -2.81. The molecule has 0 saturated carbocycles. The monoisotopic (exact) mass is 1040 g/mol. The molecular weight excluding hydrogens is 930 g/mol. The van der Waals surface area contributed by atoms with Crippen molar-refractivity contribution in [1.29, 1.82) is 0 Å². The molecule has 73 heavy (non-hydrogen) atoms. The number of rotatable bonds is 54. The van der Waals surface area contributed by atoms with Crippen molar-refractivity contribution in [3.63, 3.8) is 0 Å². The molecule has 2 atom stereocenters. The van der Waals surface area contributed by atoms with Gasteiger partial charge in [0.2, 0.25) is 0 Å². The largest absolute Gasteiger partial charge is 0.472 e. The lowest BCUT2D eigenvalue weighted by molar-refractivity contribution is -0.870. The summed E-state index contributed by atoms with van der Waals surface area (Å²) in [5.41, 5.74) is 0. The third-order valence-corrected chi connectivity index (χ3v) is 13.6. The lowest BCUT2D eigenvalue weighted by Gasteiger charge is -2.24. The maximum absolute atomic E-state index is 12.8. The summed E-state index contributed by atoms with van der Waals surface area (Å²) >= 11 is 0. The molecule has 10 heteroatoms. The predicted molar refractivity (Wildman–Crippen MR) is 312 cm³/mol. The van der Waals surface area contributed by atoms with Gasteiger partial charge in [0.15, 0.2) is 6.10 Å². The predicted octanol–water partition coefficient (Wildman–Crippen LogP) is 18.6. The second kappa shape index (κ2) is 54.0. The van der Waals surface area contributed by atoms with Crippen LogP contribution in [-0.2, 0) is 32.7 Å². The Labute approximate surface area is 450 Å². The highest BCUT2D eigenvalue weighted by molar-refractivity contribution is 7.47. The van der Waals surface area contributed by atoms with Crippen LogP contribution < -0.4 is 0 Å². The molecule has 0 rings (SSSR count). The molecule has 422 valence electrons. The van der Waals surface area contributed by atoms with Crippen LogP contribution in [-0.4, -0.2) is 74.9 Å². The van der Waals surface area contributed by atoms with Crippen LogP contribution in [0.25, 0.3) is 0 Å². The number of likely N-dealkylation sites (N-methyl/N-ethyl adjacent to an activating group) is 1. The quantitative estimate of drug-likeness (QED) is 0.0211. The van der Waals surface area contributed by atoms with E-state index >= 15 is 0 Å². The maximum Gasteiger partial charge on any atom is 0.472 e. The van der Waals surface area contributed by atoms with Gasteiger partial charge < -0.3 is 18.9 Å². The normalized spacial score (nSPS) is 13.9. The Kier molecular flexibility index (Phi) is 51.9. The Morgan fingerprint density at radius 2 is 0.781 bits per heavy atom. The fourth-order valence-corrected chi connectivity index (χ4v) is 8.81. The topological polar surface area (TPSA) is 108 Å². The molecule has 0 bridgehead atoms. The van der Waals surface area contributed by atoms with Crippen molar-refractivity contribution in [2.24, 2.45) is 0 Å². The van der Waals surface area contributed by atoms with E-state index in [0.717, 1.165) is 89.9 Å². The molecule has 0 spiro atoms. The smallest absolute Gasteiger partial charge is 0.462 e. The van der Waals surface area contributed by atoms with Crippen LogP contribution in [0, 0.1) is 0 Å². The van der Waals surface area contributed by atoms with E-state index in [4.69, 9.17) is 18.5 Å². The number of unbranched alkanes of at least 4 members (excludes halogenated alkanes) is 26. The minimum Gasteiger partial charge on any atom is -0.462 e. The molecule has 2 unspecified atom stereocenters. The fourth-order valence-electron chi connectivity index (χ4n) is 8.07. The number of quaternary nitrogens is 1. The molecular formula is C63H113NO8P+. The Balaban J connectivity index is 3.97. The van der Waals surface area contributed by atoms with Crippen LogP contribution in [0.15, 0.2) is 85.1 Å². The van der Waals surface area contributed by atoms with Gasteiger partial charge in [-0.3, -0.25) is 18.6 Å². The van der Waals surface area contributed by atoms with Crippen LogP contribution in [0.5, 0.6) is 0 Å². The number of esters is 2. The van der Waals surface area contributed by atoms with Crippen molar-refractivity contribution < 1.29 is 42.1 Å². The standard InChI is InChI=1S/C63H112NO8P/c1-6-8-10-12-14-16-18-20-21-22-23-24-25-26-27-28-29-30-31-32-33-34-35-36-37-38-39-40-41-42-43-44-46-48-50-52-54-56-63(66)72-61(60-71-73(67,68)70-58-57-64(3,4)5)59-69-62(65)55-53-51-49-47-45-19-17-15-13-11-9-7-2/h8,10,14-17,20-21,23-24,26-27,29-30,61H,6-7,9,11-13,18-19,22,25,28,31-60H2,1-5H3/p+1/b10-8-,16-14-,17-15-,21-20-,24-23-,27-26-,30-29-. The van der Waals surface area contributed by atoms with Gasteiger partial charge >= 0.3 is 19.8 Å². The minimum absolute atomic E-state index is 0.0293. The minimum atomic E-state index is -4.38. The number of hydrogen-bond donors (Lipinski definition) is 1. The summed E-state index contributed by atoms with van der Waals surface area (Å²) in [6.45, 7) is 4.29. The van der Waals surface area contributed by atoms with E-state index in [1.165, 1.54) is 128 Å². The second-order valence-electron chi connectivity index (χ2n) is 21.0. The number of nitrogens with zero attached hydrogens (tertiary/aromatic N) is 1. The third-order valence-electron chi connectivity index (χ3n) is 12.7. The number of phosphoric ester groups is 1. The summed E-state index contributed by atoms with van der Waals surface area (Å²) in [7, 11) is 1.47. The molecule has 0 amide bonds. The van der Waals surface area contributed by atoms with Gasteiger partial charge in [-0.1, -0.05) is 234 Å². The second-order valence-corrected chi connectivity index (χ2v) is 22.5. The summed E-state index contributed by atoms with van der Waals surface area (Å²) in [4.78, 5) is 35.6. The highest BCUT2D eigenvalue weighted by Crippen LogP contribution is 2.43. The molecule has 0 saturated heterocycles. The number of ether oxygens (including phenoxy) is 2. The summed E-state index contributed by atoms with van der Waals surface area (Å²) < 4.78 is 34.5. The molecule has 0 aliphatic carbocycles. The van der Waals surface area contributed by atoms with Crippen LogP contribution in [0.2, 0.25) is 0 Å². The Morgan fingerprint density at radius 1 is 0.438 bits per heavy atom. The van der Waals surface area contributed by atoms with Crippen molar-refractivity contribution in [1.82, 2.24) is 0 Å². The third kappa shape index (κ3) is 58.3. The number of allylic oxidation sites excluding steroid dienone is 14. The van der Waals surface area contributed by atoms with E-state index in [1.54, 1.807) is 0 Å². The highest BCUT2D eigenvalue weighted by atomic mass is 31.2. The maximum atomic E-state index is 12.8. The zero-order valence-corrected chi connectivity index (χ0v) is 48.7. The van der Waals surface area contributed by atoms with Gasteiger partial charge in [0.05, 0.1) is 27.7 Å². The van der Waals surface area contributed by atoms with Crippen molar-refractivity contribution in [3.05, 3.63) is 85.1 Å². The Bertz CT molecular complexity index is 1510. The number of hydrogen-bond acceptors (Lipinski definition) is 7. The van der Waals surface area contributed by atoms with E-state index in [1.807, 2.05) is 21.1 Å². The average molecular weight is 1040 g/mol. The van der Waals surface area contributed by atoms with Gasteiger partial charge in [-0.15, -0.1) is 0 Å². The van der Waals surface area contributed by atoms with E-state index in [2.05, 4.69) is 98.9 Å². The fraction of sp³-hybridized carbons (Fsp3) is 0.746. The van der Waals surface area contributed by atoms with Crippen LogP contribution in [0.3, 0.4) is 0 Å². The van der Waals surface area contributed by atoms with Crippen LogP contribution in [0.1, 0.15) is 251 Å². The molecule has 0 aliphatic heterocycles. The van der Waals surface area contributed by atoms with Crippen LogP contribution >= 0.6 is 7.82 Å². The number of phosphoric acid groups is 1.